The van der Waals surface area contributed by atoms with Crippen molar-refractivity contribution < 1.29 is 0 Å². The molecule has 0 aliphatic carbocycles. The minimum Gasteiger partial charge on any atom is -0.327 e. The summed E-state index contributed by atoms with van der Waals surface area (Å²) in [5.74, 6) is 0. The van der Waals surface area contributed by atoms with Gasteiger partial charge in [-0.3, -0.25) is 0 Å². The van der Waals surface area contributed by atoms with Crippen LogP contribution in [0.5, 0.6) is 0 Å². The summed E-state index contributed by atoms with van der Waals surface area (Å²) in [6, 6.07) is 0. The molecule has 0 amide bonds. The van der Waals surface area contributed by atoms with E-state index in [1.807, 2.05) is 0 Å². The number of nitrogens with two attached hydrogens (primary N) is 1. The van der Waals surface area contributed by atoms with Gasteiger partial charge in [-0.1, -0.05) is 122 Å². The molecule has 0 heterocycles. The molecule has 0 radical (unpaired) electrons. The van der Waals surface area contributed by atoms with Crippen molar-refractivity contribution in [2.75, 3.05) is 6.54 Å². The maximum atomic E-state index is 5.42. The minimum atomic E-state index is 0.693. The van der Waals surface area contributed by atoms with E-state index in [0.717, 1.165) is 0 Å². The summed E-state index contributed by atoms with van der Waals surface area (Å²) in [5.41, 5.74) is 5.42. The highest BCUT2D eigenvalue weighted by Gasteiger charge is 1.94. The van der Waals surface area contributed by atoms with Gasteiger partial charge in [-0.15, -0.1) is 0 Å². The number of hydrogen-bond acceptors (Lipinski definition) is 1. The van der Waals surface area contributed by atoms with Crippen molar-refractivity contribution in [3.8, 4) is 0 Å². The third-order valence-corrected chi connectivity index (χ3v) is 4.78. The van der Waals surface area contributed by atoms with Crippen LogP contribution in [-0.2, 0) is 0 Å². The molecule has 0 rings (SSSR count). The molecule has 2 N–H and O–H groups in total. The van der Waals surface area contributed by atoms with Crippen molar-refractivity contribution in [1.29, 1.82) is 0 Å². The van der Waals surface area contributed by atoms with Crippen molar-refractivity contribution in [1.82, 2.24) is 0 Å². The van der Waals surface area contributed by atoms with Crippen molar-refractivity contribution in [3.05, 3.63) is 12.2 Å². The second-order valence-corrected chi connectivity index (χ2v) is 7.15. The largest absolute Gasteiger partial charge is 0.327 e. The summed E-state index contributed by atoms with van der Waals surface area (Å²) in [6.45, 7) is 2.99. The van der Waals surface area contributed by atoms with Crippen LogP contribution in [0.3, 0.4) is 0 Å². The first-order chi connectivity index (χ1) is 11.4. The molecule has 0 bridgehead atoms. The molecule has 0 saturated carbocycles. The van der Waals surface area contributed by atoms with E-state index in [9.17, 15) is 0 Å². The molecule has 0 atom stereocenters. The molecule has 0 aromatic rings. The van der Waals surface area contributed by atoms with E-state index in [2.05, 4.69) is 19.1 Å². The average molecular weight is 324 g/mol. The molecular weight excluding hydrogens is 278 g/mol. The molecule has 0 spiro atoms. The first-order valence-electron chi connectivity index (χ1n) is 10.8. The summed E-state index contributed by atoms with van der Waals surface area (Å²) < 4.78 is 0. The summed E-state index contributed by atoms with van der Waals surface area (Å²) in [7, 11) is 0. The van der Waals surface area contributed by atoms with Gasteiger partial charge in [0.1, 0.15) is 0 Å². The fraction of sp³-hybridized carbons (Fsp3) is 0.909. The quantitative estimate of drug-likeness (QED) is 0.193. The zero-order chi connectivity index (χ0) is 16.8. The van der Waals surface area contributed by atoms with Crippen LogP contribution in [0.15, 0.2) is 12.2 Å². The Morgan fingerprint density at radius 3 is 1.17 bits per heavy atom. The molecule has 1 nitrogen and oxygen atoms in total. The topological polar surface area (TPSA) is 26.0 Å². The third kappa shape index (κ3) is 21.7. The van der Waals surface area contributed by atoms with Crippen LogP contribution in [0, 0.1) is 0 Å². The van der Waals surface area contributed by atoms with Crippen LogP contribution in [0.2, 0.25) is 0 Å². The van der Waals surface area contributed by atoms with E-state index in [1.165, 1.54) is 116 Å². The second-order valence-electron chi connectivity index (χ2n) is 7.15. The van der Waals surface area contributed by atoms with Gasteiger partial charge in [0.15, 0.2) is 0 Å². The lowest BCUT2D eigenvalue weighted by molar-refractivity contribution is 0.527. The van der Waals surface area contributed by atoms with Crippen LogP contribution in [0.4, 0.5) is 0 Å². The van der Waals surface area contributed by atoms with Gasteiger partial charge in [0, 0.05) is 6.54 Å². The van der Waals surface area contributed by atoms with Crippen molar-refractivity contribution >= 4 is 0 Å². The standard InChI is InChI=1S/C22H45N/c1-2-3-4-5-6-7-8-9-10-11-12-13-14-15-16-17-18-19-20-21-22-23/h20-21H,2-19,22-23H2,1H3. The van der Waals surface area contributed by atoms with Crippen LogP contribution < -0.4 is 5.73 Å². The van der Waals surface area contributed by atoms with E-state index < -0.39 is 0 Å². The zero-order valence-corrected chi connectivity index (χ0v) is 16.2. The highest BCUT2D eigenvalue weighted by Crippen LogP contribution is 2.14. The monoisotopic (exact) mass is 323 g/mol. The fourth-order valence-electron chi connectivity index (χ4n) is 3.20. The van der Waals surface area contributed by atoms with Crippen molar-refractivity contribution in [3.63, 3.8) is 0 Å². The summed E-state index contributed by atoms with van der Waals surface area (Å²) >= 11 is 0. The molecule has 0 saturated heterocycles. The van der Waals surface area contributed by atoms with Gasteiger partial charge in [0.05, 0.1) is 0 Å². The smallest absolute Gasteiger partial charge is 0.0106 e. The van der Waals surface area contributed by atoms with Gasteiger partial charge >= 0.3 is 0 Å². The molecule has 0 aromatic carbocycles. The Morgan fingerprint density at radius 1 is 0.478 bits per heavy atom. The summed E-state index contributed by atoms with van der Waals surface area (Å²) in [5, 5.41) is 0. The number of rotatable bonds is 19. The average Bonchev–Trinajstić information content (AvgIpc) is 2.57. The third-order valence-electron chi connectivity index (χ3n) is 4.78. The van der Waals surface area contributed by atoms with E-state index in [-0.39, 0.29) is 0 Å². The Balaban J connectivity index is 2.96. The normalized spacial score (nSPS) is 11.6. The highest BCUT2D eigenvalue weighted by molar-refractivity contribution is 4.81. The summed E-state index contributed by atoms with van der Waals surface area (Å²) in [4.78, 5) is 0. The maximum Gasteiger partial charge on any atom is 0.0106 e. The van der Waals surface area contributed by atoms with E-state index in [0.29, 0.717) is 6.54 Å². The number of allylic oxidation sites excluding steroid dienone is 1. The minimum absolute atomic E-state index is 0.693. The molecule has 138 valence electrons. The molecule has 1 heteroatoms. The van der Waals surface area contributed by atoms with Crippen LogP contribution in [0.1, 0.15) is 122 Å². The Hall–Kier alpha value is -0.300. The first-order valence-corrected chi connectivity index (χ1v) is 10.8. The van der Waals surface area contributed by atoms with E-state index >= 15 is 0 Å². The Kier molecular flexibility index (Phi) is 21.4. The molecule has 0 aliphatic heterocycles. The van der Waals surface area contributed by atoms with Gasteiger partial charge in [-0.05, 0) is 12.8 Å². The summed E-state index contributed by atoms with van der Waals surface area (Å²) in [6.07, 6.45) is 30.1. The van der Waals surface area contributed by atoms with Crippen LogP contribution >= 0.6 is 0 Å². The van der Waals surface area contributed by atoms with E-state index in [4.69, 9.17) is 5.73 Å². The van der Waals surface area contributed by atoms with Crippen molar-refractivity contribution in [2.45, 2.75) is 122 Å². The van der Waals surface area contributed by atoms with Crippen LogP contribution in [-0.4, -0.2) is 6.54 Å². The molecule has 0 aliphatic rings. The fourth-order valence-corrected chi connectivity index (χ4v) is 3.20. The first kappa shape index (κ1) is 22.7. The number of unbranched alkanes of at least 4 members (excludes halogenated alkanes) is 17. The second kappa shape index (κ2) is 21.7. The van der Waals surface area contributed by atoms with Crippen molar-refractivity contribution in [2.24, 2.45) is 5.73 Å². The molecule has 0 unspecified atom stereocenters. The maximum absolute atomic E-state index is 5.42. The molecule has 0 fully saturated rings. The van der Waals surface area contributed by atoms with Crippen LogP contribution in [0.25, 0.3) is 0 Å². The van der Waals surface area contributed by atoms with Gasteiger partial charge in [0.2, 0.25) is 0 Å². The van der Waals surface area contributed by atoms with Gasteiger partial charge in [-0.2, -0.15) is 0 Å². The lowest BCUT2D eigenvalue weighted by atomic mass is 10.0. The highest BCUT2D eigenvalue weighted by atomic mass is 14.5. The Bertz CT molecular complexity index is 222. The lowest BCUT2D eigenvalue weighted by Gasteiger charge is -2.03. The van der Waals surface area contributed by atoms with E-state index in [1.54, 1.807) is 0 Å². The lowest BCUT2D eigenvalue weighted by Crippen LogP contribution is -1.91. The zero-order valence-electron chi connectivity index (χ0n) is 16.2. The SMILES string of the molecule is CCCCCCCCCCCCCCCCCCCC=CCN. The van der Waals surface area contributed by atoms with Gasteiger partial charge in [0.25, 0.3) is 0 Å². The van der Waals surface area contributed by atoms with Gasteiger partial charge in [-0.25, -0.2) is 0 Å². The number of hydrogen-bond donors (Lipinski definition) is 1. The predicted octanol–water partition coefficient (Wildman–Crippen LogP) is 7.54. The Morgan fingerprint density at radius 2 is 0.826 bits per heavy atom. The molecule has 0 aromatic heterocycles. The molecule has 23 heavy (non-hydrogen) atoms. The van der Waals surface area contributed by atoms with Gasteiger partial charge < -0.3 is 5.73 Å². The molecular formula is C22H45N. The Labute approximate surface area is 147 Å². The predicted molar refractivity (Wildman–Crippen MR) is 107 cm³/mol.